The Morgan fingerprint density at radius 2 is 2.18 bits per heavy atom. The van der Waals surface area contributed by atoms with E-state index in [0.717, 1.165) is 0 Å². The van der Waals surface area contributed by atoms with Gasteiger partial charge in [-0.2, -0.15) is 0 Å². The molecule has 0 bridgehead atoms. The minimum atomic E-state index is -0.461. The largest absolute Gasteiger partial charge is 0.493 e. The van der Waals surface area contributed by atoms with Gasteiger partial charge in [-0.15, -0.1) is 6.58 Å². The van der Waals surface area contributed by atoms with Crippen molar-refractivity contribution in [2.45, 2.75) is 13.3 Å². The third-order valence-corrected chi connectivity index (χ3v) is 2.20. The number of rotatable bonds is 5. The molecule has 0 radical (unpaired) electrons. The van der Waals surface area contributed by atoms with Crippen molar-refractivity contribution in [2.75, 3.05) is 7.11 Å². The molecule has 0 saturated carbocycles. The Labute approximate surface area is 99.8 Å². The quantitative estimate of drug-likeness (QED) is 0.339. The van der Waals surface area contributed by atoms with E-state index in [1.165, 1.54) is 14.0 Å². The first-order valence-electron chi connectivity index (χ1n) is 5.08. The maximum absolute atomic E-state index is 11.0. The van der Waals surface area contributed by atoms with E-state index in [0.29, 0.717) is 29.6 Å². The van der Waals surface area contributed by atoms with E-state index < -0.39 is 5.97 Å². The average Bonchev–Trinajstić information content (AvgIpc) is 2.30. The van der Waals surface area contributed by atoms with Crippen molar-refractivity contribution in [3.05, 3.63) is 35.9 Å². The van der Waals surface area contributed by atoms with Gasteiger partial charge in [0, 0.05) is 18.1 Å². The summed E-state index contributed by atoms with van der Waals surface area (Å²) in [5.74, 6) is 0.240. The summed E-state index contributed by atoms with van der Waals surface area (Å²) in [5, 5.41) is 0. The molecule has 1 aromatic rings. The predicted molar refractivity (Wildman–Crippen MR) is 63.6 cm³/mol. The lowest BCUT2D eigenvalue weighted by atomic mass is 10.0. The molecule has 0 aromatic heterocycles. The number of ether oxygens (including phenoxy) is 2. The topological polar surface area (TPSA) is 52.6 Å². The number of hydrogen-bond acceptors (Lipinski definition) is 4. The normalized spacial score (nSPS) is 9.53. The second-order valence-electron chi connectivity index (χ2n) is 3.37. The van der Waals surface area contributed by atoms with Gasteiger partial charge in [0.2, 0.25) is 0 Å². The fourth-order valence-electron chi connectivity index (χ4n) is 1.50. The number of benzene rings is 1. The molecule has 17 heavy (non-hydrogen) atoms. The molecule has 90 valence electrons. The highest BCUT2D eigenvalue weighted by molar-refractivity contribution is 5.81. The van der Waals surface area contributed by atoms with Crippen LogP contribution in [0.15, 0.2) is 24.8 Å². The van der Waals surface area contributed by atoms with E-state index in [9.17, 15) is 9.59 Å². The van der Waals surface area contributed by atoms with Crippen LogP contribution >= 0.6 is 0 Å². The van der Waals surface area contributed by atoms with Crippen LogP contribution in [0.4, 0.5) is 0 Å². The van der Waals surface area contributed by atoms with Crippen molar-refractivity contribution in [2.24, 2.45) is 0 Å². The maximum Gasteiger partial charge on any atom is 0.308 e. The second kappa shape index (κ2) is 5.84. The molecule has 0 unspecified atom stereocenters. The molecular formula is C13H14O4. The Morgan fingerprint density at radius 3 is 2.65 bits per heavy atom. The molecule has 0 heterocycles. The first kappa shape index (κ1) is 13.0. The van der Waals surface area contributed by atoms with Crippen LogP contribution in [-0.4, -0.2) is 19.4 Å². The molecule has 0 aliphatic rings. The van der Waals surface area contributed by atoms with Crippen LogP contribution < -0.4 is 9.47 Å². The van der Waals surface area contributed by atoms with Crippen LogP contribution in [0, 0.1) is 0 Å². The van der Waals surface area contributed by atoms with Crippen LogP contribution in [0.25, 0.3) is 0 Å². The Bertz CT molecular complexity index is 449. The fourth-order valence-corrected chi connectivity index (χ4v) is 1.50. The van der Waals surface area contributed by atoms with E-state index in [1.807, 2.05) is 0 Å². The number of methoxy groups -OCH3 is 1. The number of esters is 1. The van der Waals surface area contributed by atoms with Crippen molar-refractivity contribution < 1.29 is 19.1 Å². The number of carbonyl (C=O) groups is 2. The first-order chi connectivity index (χ1) is 8.13. The predicted octanol–water partition coefficient (Wildman–Crippen LogP) is 2.16. The molecule has 0 spiro atoms. The van der Waals surface area contributed by atoms with E-state index >= 15 is 0 Å². The zero-order valence-electron chi connectivity index (χ0n) is 9.86. The van der Waals surface area contributed by atoms with Crippen LogP contribution in [0.2, 0.25) is 0 Å². The van der Waals surface area contributed by atoms with Crippen molar-refractivity contribution in [3.63, 3.8) is 0 Å². The van der Waals surface area contributed by atoms with E-state index in [1.54, 1.807) is 18.2 Å². The highest BCUT2D eigenvalue weighted by Gasteiger charge is 2.15. The highest BCUT2D eigenvalue weighted by Crippen LogP contribution is 2.33. The molecule has 4 nitrogen and oxygen atoms in total. The van der Waals surface area contributed by atoms with Crippen molar-refractivity contribution in [1.82, 2.24) is 0 Å². The van der Waals surface area contributed by atoms with Crippen molar-refractivity contribution >= 4 is 12.3 Å². The number of aldehydes is 1. The smallest absolute Gasteiger partial charge is 0.308 e. The Hall–Kier alpha value is -2.10. The van der Waals surface area contributed by atoms with Crippen LogP contribution in [0.1, 0.15) is 22.8 Å². The lowest BCUT2D eigenvalue weighted by Gasteiger charge is -2.13. The summed E-state index contributed by atoms with van der Waals surface area (Å²) in [6, 6.07) is 3.21. The first-order valence-corrected chi connectivity index (χ1v) is 5.08. The van der Waals surface area contributed by atoms with E-state index in [4.69, 9.17) is 9.47 Å². The van der Waals surface area contributed by atoms with Crippen LogP contribution in [0.3, 0.4) is 0 Å². The summed E-state index contributed by atoms with van der Waals surface area (Å²) < 4.78 is 10.2. The summed E-state index contributed by atoms with van der Waals surface area (Å²) >= 11 is 0. The monoisotopic (exact) mass is 234 g/mol. The fraction of sp³-hybridized carbons (Fsp3) is 0.231. The molecule has 0 amide bonds. The van der Waals surface area contributed by atoms with Crippen LogP contribution in [0.5, 0.6) is 11.5 Å². The van der Waals surface area contributed by atoms with Gasteiger partial charge in [-0.25, -0.2) is 0 Å². The summed E-state index contributed by atoms with van der Waals surface area (Å²) in [7, 11) is 1.47. The number of carbonyl (C=O) groups excluding carboxylic acids is 2. The van der Waals surface area contributed by atoms with Gasteiger partial charge in [0.05, 0.1) is 7.11 Å². The van der Waals surface area contributed by atoms with Gasteiger partial charge in [0.1, 0.15) is 6.29 Å². The summed E-state index contributed by atoms with van der Waals surface area (Å²) in [6.45, 7) is 4.91. The minimum Gasteiger partial charge on any atom is -0.493 e. The molecule has 0 fully saturated rings. The van der Waals surface area contributed by atoms with Crippen molar-refractivity contribution in [3.8, 4) is 11.5 Å². The summed E-state index contributed by atoms with van der Waals surface area (Å²) in [4.78, 5) is 22.0. The molecule has 4 heteroatoms. The zero-order chi connectivity index (χ0) is 12.8. The standard InChI is InChI=1S/C13H14O4/c1-4-5-11-10(8-14)6-7-12(16-3)13(11)17-9(2)15/h4,6-8H,1,5H2,2-3H3. The molecule has 0 aliphatic heterocycles. The molecule has 0 saturated heterocycles. The minimum absolute atomic E-state index is 0.282. The van der Waals surface area contributed by atoms with Gasteiger partial charge >= 0.3 is 5.97 Å². The molecule has 1 aromatic carbocycles. The van der Waals surface area contributed by atoms with Crippen LogP contribution in [-0.2, 0) is 11.2 Å². The molecule has 1 rings (SSSR count). The third kappa shape index (κ3) is 2.93. The highest BCUT2D eigenvalue weighted by atomic mass is 16.6. The number of hydrogen-bond donors (Lipinski definition) is 0. The van der Waals surface area contributed by atoms with Gasteiger partial charge < -0.3 is 9.47 Å². The average molecular weight is 234 g/mol. The second-order valence-corrected chi connectivity index (χ2v) is 3.37. The summed E-state index contributed by atoms with van der Waals surface area (Å²) in [6.07, 6.45) is 2.77. The number of allylic oxidation sites excluding steroid dienone is 1. The SMILES string of the molecule is C=CCc1c(C=O)ccc(OC)c1OC(C)=O. The molecular weight excluding hydrogens is 220 g/mol. The van der Waals surface area contributed by atoms with Crippen molar-refractivity contribution in [1.29, 1.82) is 0 Å². The molecule has 0 aliphatic carbocycles. The Balaban J connectivity index is 3.39. The van der Waals surface area contributed by atoms with E-state index in [2.05, 4.69) is 6.58 Å². The third-order valence-electron chi connectivity index (χ3n) is 2.20. The summed E-state index contributed by atoms with van der Waals surface area (Å²) in [5.41, 5.74) is 1.06. The van der Waals surface area contributed by atoms with E-state index in [-0.39, 0.29) is 5.75 Å². The molecule has 0 N–H and O–H groups in total. The zero-order valence-corrected chi connectivity index (χ0v) is 9.86. The van der Waals surface area contributed by atoms with Gasteiger partial charge in [-0.3, -0.25) is 9.59 Å². The van der Waals surface area contributed by atoms with Gasteiger partial charge in [0.15, 0.2) is 11.5 Å². The lowest BCUT2D eigenvalue weighted by Crippen LogP contribution is -2.07. The Morgan fingerprint density at radius 1 is 1.47 bits per heavy atom. The van der Waals surface area contributed by atoms with Gasteiger partial charge in [-0.05, 0) is 18.6 Å². The van der Waals surface area contributed by atoms with Gasteiger partial charge in [0.25, 0.3) is 0 Å². The Kier molecular flexibility index (Phi) is 4.46. The maximum atomic E-state index is 11.0. The lowest BCUT2D eigenvalue weighted by molar-refractivity contribution is -0.132. The van der Waals surface area contributed by atoms with Gasteiger partial charge in [-0.1, -0.05) is 6.08 Å². The molecule has 0 atom stereocenters.